The van der Waals surface area contributed by atoms with E-state index in [1.165, 1.54) is 19.2 Å². The number of imide groups is 1. The summed E-state index contributed by atoms with van der Waals surface area (Å²) in [7, 11) is 1.51. The molecule has 0 bridgehead atoms. The highest BCUT2D eigenvalue weighted by Crippen LogP contribution is 2.37. The minimum Gasteiger partial charge on any atom is -0.493 e. The molecule has 7 nitrogen and oxygen atoms in total. The Labute approximate surface area is 214 Å². The Hall–Kier alpha value is -2.60. The second-order valence-corrected chi connectivity index (χ2v) is 9.96. The van der Waals surface area contributed by atoms with E-state index in [9.17, 15) is 18.8 Å². The Bertz CT molecular complexity index is 1150. The molecule has 34 heavy (non-hydrogen) atoms. The van der Waals surface area contributed by atoms with Crippen molar-refractivity contribution in [1.29, 1.82) is 0 Å². The highest BCUT2D eigenvalue weighted by molar-refractivity contribution is 14.1. The molecule has 10 heteroatoms. The normalized spacial score (nSPS) is 17.1. The van der Waals surface area contributed by atoms with Gasteiger partial charge in [0.2, 0.25) is 5.91 Å². The molecule has 0 unspecified atom stereocenters. The maximum absolute atomic E-state index is 13.1. The van der Waals surface area contributed by atoms with Gasteiger partial charge in [-0.15, -0.1) is 0 Å². The van der Waals surface area contributed by atoms with E-state index in [0.717, 1.165) is 38.6 Å². The van der Waals surface area contributed by atoms with Crippen LogP contribution in [0.5, 0.6) is 11.5 Å². The molecule has 2 aromatic carbocycles. The zero-order valence-electron chi connectivity index (χ0n) is 18.4. The summed E-state index contributed by atoms with van der Waals surface area (Å²) in [5.74, 6) is -0.0178. The smallest absolute Gasteiger partial charge is 0.294 e. The molecule has 0 radical (unpaired) electrons. The van der Waals surface area contributed by atoms with Gasteiger partial charge in [-0.25, -0.2) is 4.39 Å². The molecular weight excluding hydrogens is 574 g/mol. The number of thioether (sulfide) groups is 1. The quantitative estimate of drug-likeness (QED) is 0.342. The van der Waals surface area contributed by atoms with Crippen LogP contribution in [0.15, 0.2) is 41.3 Å². The van der Waals surface area contributed by atoms with Gasteiger partial charge in [-0.05, 0) is 88.7 Å². The summed E-state index contributed by atoms with van der Waals surface area (Å²) in [5, 5.41) is -0.454. The Kier molecular flexibility index (Phi) is 7.77. The number of hydrogen-bond acceptors (Lipinski definition) is 6. The predicted octanol–water partition coefficient (Wildman–Crippen LogP) is 4.68. The SMILES string of the molecule is COc1cc(/C=C2\SC(=O)N(CC(=O)N3CCCC3)C2=O)cc(I)c1OCc1ccc(F)cc1. The number of likely N-dealkylation sites (tertiary alicyclic amines) is 1. The number of carbonyl (C=O) groups is 3. The highest BCUT2D eigenvalue weighted by atomic mass is 127. The number of benzene rings is 2. The number of carbonyl (C=O) groups excluding carboxylic acids is 3. The molecule has 4 rings (SSSR count). The summed E-state index contributed by atoms with van der Waals surface area (Å²) in [6.07, 6.45) is 3.49. The molecule has 2 aromatic rings. The minimum atomic E-state index is -0.479. The van der Waals surface area contributed by atoms with E-state index in [4.69, 9.17) is 9.47 Å². The van der Waals surface area contributed by atoms with Crippen molar-refractivity contribution in [2.24, 2.45) is 0 Å². The molecule has 2 aliphatic heterocycles. The summed E-state index contributed by atoms with van der Waals surface area (Å²) in [4.78, 5) is 40.6. The van der Waals surface area contributed by atoms with Crippen LogP contribution in [-0.2, 0) is 16.2 Å². The van der Waals surface area contributed by atoms with Gasteiger partial charge < -0.3 is 14.4 Å². The van der Waals surface area contributed by atoms with Crippen LogP contribution in [0, 0.1) is 9.39 Å². The molecule has 0 atom stereocenters. The Morgan fingerprint density at radius 2 is 1.88 bits per heavy atom. The summed E-state index contributed by atoms with van der Waals surface area (Å²) in [5.41, 5.74) is 1.47. The van der Waals surface area contributed by atoms with E-state index in [0.29, 0.717) is 30.2 Å². The number of ether oxygens (including phenoxy) is 2. The number of amides is 3. The molecule has 2 aliphatic rings. The van der Waals surface area contributed by atoms with Crippen molar-refractivity contribution in [3.63, 3.8) is 0 Å². The second kappa shape index (κ2) is 10.8. The summed E-state index contributed by atoms with van der Waals surface area (Å²) >= 11 is 2.92. The molecule has 0 N–H and O–H groups in total. The van der Waals surface area contributed by atoms with Gasteiger partial charge in [-0.3, -0.25) is 19.3 Å². The predicted molar refractivity (Wildman–Crippen MR) is 135 cm³/mol. The van der Waals surface area contributed by atoms with Gasteiger partial charge in [-0.1, -0.05) is 12.1 Å². The fraction of sp³-hybridized carbons (Fsp3) is 0.292. The second-order valence-electron chi connectivity index (χ2n) is 7.81. The van der Waals surface area contributed by atoms with Gasteiger partial charge >= 0.3 is 0 Å². The summed E-state index contributed by atoms with van der Waals surface area (Å²) < 4.78 is 25.2. The third-order valence-electron chi connectivity index (χ3n) is 5.47. The molecule has 0 saturated carbocycles. The lowest BCUT2D eigenvalue weighted by Gasteiger charge is -2.18. The molecule has 2 heterocycles. The lowest BCUT2D eigenvalue weighted by Crippen LogP contribution is -2.40. The molecule has 2 fully saturated rings. The molecule has 0 spiro atoms. The third kappa shape index (κ3) is 5.54. The first-order chi connectivity index (χ1) is 16.4. The van der Waals surface area contributed by atoms with E-state index >= 15 is 0 Å². The van der Waals surface area contributed by atoms with E-state index < -0.39 is 11.1 Å². The average Bonchev–Trinajstić information content (AvgIpc) is 3.44. The lowest BCUT2D eigenvalue weighted by molar-refractivity contribution is -0.135. The first-order valence-corrected chi connectivity index (χ1v) is 12.5. The first-order valence-electron chi connectivity index (χ1n) is 10.6. The van der Waals surface area contributed by atoms with Crippen molar-refractivity contribution in [1.82, 2.24) is 9.80 Å². The molecule has 2 saturated heterocycles. The maximum atomic E-state index is 13.1. The molecule has 0 aromatic heterocycles. The van der Waals surface area contributed by atoms with Crippen LogP contribution in [0.4, 0.5) is 9.18 Å². The van der Waals surface area contributed by atoms with Gasteiger partial charge in [0.15, 0.2) is 11.5 Å². The zero-order valence-corrected chi connectivity index (χ0v) is 21.4. The number of hydrogen-bond donors (Lipinski definition) is 0. The van der Waals surface area contributed by atoms with Crippen molar-refractivity contribution < 1.29 is 28.2 Å². The number of rotatable bonds is 7. The summed E-state index contributed by atoms with van der Waals surface area (Å²) in [6.45, 7) is 1.33. The molecule has 3 amide bonds. The Morgan fingerprint density at radius 1 is 1.18 bits per heavy atom. The number of halogens is 2. The molecule has 0 aliphatic carbocycles. The average molecular weight is 596 g/mol. The van der Waals surface area contributed by atoms with Gasteiger partial charge in [0.05, 0.1) is 15.6 Å². The van der Waals surface area contributed by atoms with Crippen molar-refractivity contribution in [2.45, 2.75) is 19.4 Å². The number of methoxy groups -OCH3 is 1. The van der Waals surface area contributed by atoms with Crippen LogP contribution in [0.2, 0.25) is 0 Å². The fourth-order valence-corrected chi connectivity index (χ4v) is 5.31. The fourth-order valence-electron chi connectivity index (χ4n) is 3.69. The van der Waals surface area contributed by atoms with E-state index in [1.54, 1.807) is 29.2 Å². The maximum Gasteiger partial charge on any atom is 0.294 e. The standard InChI is InChI=1S/C24H22FIN2O5S/c1-32-19-11-16(10-18(26)22(19)33-14-15-4-6-17(25)7-5-15)12-20-23(30)28(24(31)34-20)13-21(29)27-8-2-3-9-27/h4-7,10-12H,2-3,8-9,13-14H2,1H3/b20-12-. The van der Waals surface area contributed by atoms with E-state index in [2.05, 4.69) is 22.6 Å². The Balaban J connectivity index is 1.49. The lowest BCUT2D eigenvalue weighted by atomic mass is 10.1. The van der Waals surface area contributed by atoms with Crippen molar-refractivity contribution in [3.05, 3.63) is 61.8 Å². The van der Waals surface area contributed by atoms with Crippen LogP contribution >= 0.6 is 34.4 Å². The molecule has 178 valence electrons. The van der Waals surface area contributed by atoms with Crippen LogP contribution in [-0.4, -0.2) is 53.6 Å². The third-order valence-corrected chi connectivity index (χ3v) is 7.18. The monoisotopic (exact) mass is 596 g/mol. The largest absolute Gasteiger partial charge is 0.493 e. The van der Waals surface area contributed by atoms with Gasteiger partial charge in [0.1, 0.15) is 19.0 Å². The van der Waals surface area contributed by atoms with Crippen LogP contribution in [0.1, 0.15) is 24.0 Å². The zero-order chi connectivity index (χ0) is 24.2. The number of nitrogens with zero attached hydrogens (tertiary/aromatic N) is 2. The molecular formula is C24H22FIN2O5S. The van der Waals surface area contributed by atoms with Gasteiger partial charge in [0, 0.05) is 13.1 Å². The van der Waals surface area contributed by atoms with E-state index in [1.807, 2.05) is 6.07 Å². The van der Waals surface area contributed by atoms with Crippen LogP contribution in [0.25, 0.3) is 6.08 Å². The first kappa shape index (κ1) is 24.5. The van der Waals surface area contributed by atoms with Crippen molar-refractivity contribution in [3.8, 4) is 11.5 Å². The summed E-state index contributed by atoms with van der Waals surface area (Å²) in [6, 6.07) is 9.56. The van der Waals surface area contributed by atoms with Gasteiger partial charge in [-0.2, -0.15) is 0 Å². The van der Waals surface area contributed by atoms with E-state index in [-0.39, 0.29) is 29.8 Å². The van der Waals surface area contributed by atoms with Gasteiger partial charge in [0.25, 0.3) is 11.1 Å². The minimum absolute atomic E-state index is 0.208. The van der Waals surface area contributed by atoms with Crippen LogP contribution < -0.4 is 9.47 Å². The van der Waals surface area contributed by atoms with Crippen molar-refractivity contribution >= 4 is 57.5 Å². The topological polar surface area (TPSA) is 76.2 Å². The Morgan fingerprint density at radius 3 is 2.56 bits per heavy atom. The van der Waals surface area contributed by atoms with Crippen molar-refractivity contribution in [2.75, 3.05) is 26.7 Å². The van der Waals surface area contributed by atoms with Crippen LogP contribution in [0.3, 0.4) is 0 Å². The highest BCUT2D eigenvalue weighted by Gasteiger charge is 2.37.